The van der Waals surface area contributed by atoms with Gasteiger partial charge in [0.25, 0.3) is 5.91 Å². The fourth-order valence-corrected chi connectivity index (χ4v) is 2.85. The van der Waals surface area contributed by atoms with Crippen molar-refractivity contribution in [2.75, 3.05) is 5.32 Å². The number of rotatable bonds is 2. The van der Waals surface area contributed by atoms with E-state index in [9.17, 15) is 9.18 Å². The summed E-state index contributed by atoms with van der Waals surface area (Å²) in [5.41, 5.74) is 4.24. The molecule has 3 aromatic rings. The van der Waals surface area contributed by atoms with Crippen LogP contribution >= 0.6 is 0 Å². The molecular formula is C19H15FN2O2. The van der Waals surface area contributed by atoms with Crippen molar-refractivity contribution in [1.29, 1.82) is 0 Å². The molecule has 1 aliphatic heterocycles. The first kappa shape index (κ1) is 14.7. The summed E-state index contributed by atoms with van der Waals surface area (Å²) < 4.78 is 20.7. The number of ether oxygens (including phenoxy) is 1. The summed E-state index contributed by atoms with van der Waals surface area (Å²) in [4.78, 5) is 12.2. The number of carbonyl (C=O) groups excluding carboxylic acids is 1. The van der Waals surface area contributed by atoms with Crippen molar-refractivity contribution < 1.29 is 13.9 Å². The van der Waals surface area contributed by atoms with Crippen LogP contribution in [0.4, 0.5) is 10.1 Å². The Bertz CT molecular complexity index is 900. The van der Waals surface area contributed by atoms with E-state index < -0.39 is 0 Å². The first-order valence-corrected chi connectivity index (χ1v) is 7.65. The van der Waals surface area contributed by atoms with Gasteiger partial charge in [-0.25, -0.2) is 4.39 Å². The third-order valence-electron chi connectivity index (χ3n) is 4.04. The first-order chi connectivity index (χ1) is 11.7. The second kappa shape index (κ2) is 5.94. The lowest BCUT2D eigenvalue weighted by Crippen LogP contribution is -2.12. The fourth-order valence-electron chi connectivity index (χ4n) is 2.85. The Kier molecular flexibility index (Phi) is 3.63. The number of nitrogens with zero attached hydrogens (tertiary/aromatic N) is 1. The second-order valence-corrected chi connectivity index (χ2v) is 5.67. The third-order valence-corrected chi connectivity index (χ3v) is 4.04. The van der Waals surface area contributed by atoms with Crippen LogP contribution in [0, 0.1) is 5.82 Å². The third kappa shape index (κ3) is 2.70. The largest absolute Gasteiger partial charge is 0.370 e. The van der Waals surface area contributed by atoms with Gasteiger partial charge in [0.2, 0.25) is 0 Å². The van der Waals surface area contributed by atoms with E-state index in [1.54, 1.807) is 0 Å². The van der Waals surface area contributed by atoms with Crippen LogP contribution in [0.5, 0.6) is 0 Å². The minimum absolute atomic E-state index is 0.272. The lowest BCUT2D eigenvalue weighted by Gasteiger charge is -2.12. The number of halogens is 1. The van der Waals surface area contributed by atoms with Crippen molar-refractivity contribution >= 4 is 11.6 Å². The summed E-state index contributed by atoms with van der Waals surface area (Å²) in [6.45, 7) is 1.04. The van der Waals surface area contributed by atoms with Crippen LogP contribution in [0.1, 0.15) is 21.6 Å². The van der Waals surface area contributed by atoms with Gasteiger partial charge in [-0.05, 0) is 54.6 Å². The van der Waals surface area contributed by atoms with Crippen molar-refractivity contribution in [1.82, 2.24) is 4.57 Å². The van der Waals surface area contributed by atoms with Crippen LogP contribution in [-0.4, -0.2) is 10.5 Å². The maximum absolute atomic E-state index is 13.0. The number of aromatic nitrogens is 1. The molecule has 0 saturated carbocycles. The Labute approximate surface area is 138 Å². The molecule has 0 radical (unpaired) electrons. The summed E-state index contributed by atoms with van der Waals surface area (Å²) in [5, 5.41) is 2.84. The quantitative estimate of drug-likeness (QED) is 0.777. The summed E-state index contributed by atoms with van der Waals surface area (Å²) >= 11 is 0. The highest BCUT2D eigenvalue weighted by atomic mass is 19.1. The van der Waals surface area contributed by atoms with Crippen LogP contribution in [0.25, 0.3) is 5.69 Å². The lowest BCUT2D eigenvalue weighted by atomic mass is 10.1. The molecule has 5 heteroatoms. The van der Waals surface area contributed by atoms with Crippen molar-refractivity contribution in [2.24, 2.45) is 0 Å². The predicted molar refractivity (Wildman–Crippen MR) is 88.6 cm³/mol. The number of carbonyl (C=O) groups is 1. The summed E-state index contributed by atoms with van der Waals surface area (Å²) in [6, 6.07) is 15.2. The molecule has 1 aromatic heterocycles. The van der Waals surface area contributed by atoms with E-state index in [0.29, 0.717) is 24.5 Å². The van der Waals surface area contributed by atoms with E-state index in [4.69, 9.17) is 4.74 Å². The smallest absolute Gasteiger partial charge is 0.255 e. The van der Waals surface area contributed by atoms with Gasteiger partial charge in [-0.1, -0.05) is 0 Å². The highest BCUT2D eigenvalue weighted by Gasteiger charge is 2.15. The molecule has 2 aromatic carbocycles. The van der Waals surface area contributed by atoms with Crippen LogP contribution in [0.3, 0.4) is 0 Å². The van der Waals surface area contributed by atoms with Gasteiger partial charge in [0, 0.05) is 28.7 Å². The zero-order chi connectivity index (χ0) is 16.5. The van der Waals surface area contributed by atoms with Crippen LogP contribution in [0.2, 0.25) is 0 Å². The summed E-state index contributed by atoms with van der Waals surface area (Å²) in [5.74, 6) is -0.637. The van der Waals surface area contributed by atoms with Gasteiger partial charge in [-0.2, -0.15) is 0 Å². The number of fused-ring (bicyclic) bond motifs is 3. The van der Waals surface area contributed by atoms with E-state index in [2.05, 4.69) is 9.88 Å². The predicted octanol–water partition coefficient (Wildman–Crippen LogP) is 3.90. The van der Waals surface area contributed by atoms with Gasteiger partial charge in [0.15, 0.2) is 0 Å². The standard InChI is InChI=1S/C19H15FN2O2/c20-15-5-3-13(4-6-15)19(23)21-16-7-8-18-14(10-16)11-24-12-17-2-1-9-22(17)18/h1-10H,11-12H2,(H,21,23). The summed E-state index contributed by atoms with van der Waals surface area (Å²) in [6.07, 6.45) is 2.00. The van der Waals surface area contributed by atoms with Crippen molar-refractivity contribution in [3.8, 4) is 5.69 Å². The average Bonchev–Trinajstić information content (AvgIpc) is 2.97. The fraction of sp³-hybridized carbons (Fsp3) is 0.105. The van der Waals surface area contributed by atoms with E-state index in [1.807, 2.05) is 36.5 Å². The lowest BCUT2D eigenvalue weighted by molar-refractivity contribution is 0.102. The first-order valence-electron chi connectivity index (χ1n) is 7.65. The van der Waals surface area contributed by atoms with Crippen LogP contribution in [0.15, 0.2) is 60.8 Å². The molecule has 1 N–H and O–H groups in total. The number of amides is 1. The molecule has 0 spiro atoms. The number of hydrogen-bond acceptors (Lipinski definition) is 2. The normalized spacial score (nSPS) is 12.9. The molecule has 0 aliphatic carbocycles. The Morgan fingerprint density at radius 3 is 2.75 bits per heavy atom. The number of benzene rings is 2. The van der Waals surface area contributed by atoms with Crippen LogP contribution < -0.4 is 5.32 Å². The molecule has 0 unspecified atom stereocenters. The Morgan fingerprint density at radius 1 is 1.08 bits per heavy atom. The molecular weight excluding hydrogens is 307 g/mol. The number of nitrogens with one attached hydrogen (secondary N) is 1. The van der Waals surface area contributed by atoms with E-state index in [-0.39, 0.29) is 11.7 Å². The molecule has 2 heterocycles. The SMILES string of the molecule is O=C(Nc1ccc2c(c1)COCc1cccn1-2)c1ccc(F)cc1. The molecule has 120 valence electrons. The minimum Gasteiger partial charge on any atom is -0.370 e. The maximum atomic E-state index is 13.0. The van der Waals surface area contributed by atoms with Crippen molar-refractivity contribution in [3.63, 3.8) is 0 Å². The van der Waals surface area contributed by atoms with Gasteiger partial charge in [-0.15, -0.1) is 0 Å². The molecule has 1 amide bonds. The molecule has 0 bridgehead atoms. The molecule has 0 atom stereocenters. The van der Waals surface area contributed by atoms with Gasteiger partial charge in [0.05, 0.1) is 18.9 Å². The highest BCUT2D eigenvalue weighted by molar-refractivity contribution is 6.04. The topological polar surface area (TPSA) is 43.3 Å². The number of hydrogen-bond donors (Lipinski definition) is 1. The van der Waals surface area contributed by atoms with Gasteiger partial charge in [-0.3, -0.25) is 4.79 Å². The van der Waals surface area contributed by atoms with E-state index in [1.165, 1.54) is 24.3 Å². The molecule has 4 rings (SSSR count). The molecule has 24 heavy (non-hydrogen) atoms. The summed E-state index contributed by atoms with van der Waals surface area (Å²) in [7, 11) is 0. The molecule has 1 aliphatic rings. The Balaban J connectivity index is 1.61. The Morgan fingerprint density at radius 2 is 1.92 bits per heavy atom. The van der Waals surface area contributed by atoms with Gasteiger partial charge in [0.1, 0.15) is 5.82 Å². The average molecular weight is 322 g/mol. The second-order valence-electron chi connectivity index (χ2n) is 5.67. The molecule has 0 saturated heterocycles. The highest BCUT2D eigenvalue weighted by Crippen LogP contribution is 2.26. The van der Waals surface area contributed by atoms with Gasteiger partial charge >= 0.3 is 0 Å². The zero-order valence-corrected chi connectivity index (χ0v) is 12.8. The Hall–Kier alpha value is -2.92. The van der Waals surface area contributed by atoms with Crippen LogP contribution in [-0.2, 0) is 18.0 Å². The molecule has 0 fully saturated rings. The monoisotopic (exact) mass is 322 g/mol. The van der Waals surface area contributed by atoms with Crippen molar-refractivity contribution in [2.45, 2.75) is 13.2 Å². The van der Waals surface area contributed by atoms with Gasteiger partial charge < -0.3 is 14.6 Å². The zero-order valence-electron chi connectivity index (χ0n) is 12.8. The van der Waals surface area contributed by atoms with E-state index in [0.717, 1.165) is 16.9 Å². The molecule has 4 nitrogen and oxygen atoms in total. The van der Waals surface area contributed by atoms with E-state index >= 15 is 0 Å². The number of anilines is 1. The maximum Gasteiger partial charge on any atom is 0.255 e. The van der Waals surface area contributed by atoms with Crippen molar-refractivity contribution in [3.05, 3.63) is 83.4 Å². The minimum atomic E-state index is -0.365.